The summed E-state index contributed by atoms with van der Waals surface area (Å²) in [7, 11) is 10.2. The first-order valence-corrected chi connectivity index (χ1v) is 37.8. The molecule has 8 unspecified atom stereocenters. The topological polar surface area (TPSA) is 356 Å². The Kier molecular flexibility index (Phi) is 43.3. The second-order valence-electron chi connectivity index (χ2n) is 27.5. The molecule has 0 spiro atoms. The molecule has 0 fully saturated rings. The van der Waals surface area contributed by atoms with Gasteiger partial charge in [0.05, 0.1) is 51.4 Å². The molecule has 4 N–H and O–H groups in total. The van der Waals surface area contributed by atoms with E-state index in [4.69, 9.17) is 37.9 Å². The summed E-state index contributed by atoms with van der Waals surface area (Å²) in [6.45, 7) is 11.1. The first kappa shape index (κ1) is 92.0. The highest BCUT2D eigenvalue weighted by Crippen LogP contribution is 2.42. The first-order valence-electron chi connectivity index (χ1n) is 37.8. The average Bonchev–Trinajstić information content (AvgIpc) is 0.806. The van der Waals surface area contributed by atoms with Gasteiger partial charge < -0.3 is 63.7 Å². The van der Waals surface area contributed by atoms with Gasteiger partial charge in [-0.1, -0.05) is 179 Å². The molecule has 4 rings (SSSR count). The van der Waals surface area contributed by atoms with Crippen LogP contribution in [0.3, 0.4) is 0 Å². The maximum atomic E-state index is 13.9. The van der Waals surface area contributed by atoms with E-state index in [2.05, 4.69) is 56.1 Å². The van der Waals surface area contributed by atoms with Crippen LogP contribution >= 0.6 is 0 Å². The normalized spacial score (nSPS) is 13.9. The van der Waals surface area contributed by atoms with Crippen LogP contribution in [0.25, 0.3) is 0 Å². The number of nitrogens with zero attached hydrogens (tertiary/aromatic N) is 6. The van der Waals surface area contributed by atoms with Gasteiger partial charge in [-0.3, -0.25) is 19.4 Å². The fourth-order valence-electron chi connectivity index (χ4n) is 13.0. The summed E-state index contributed by atoms with van der Waals surface area (Å²) >= 11 is 0. The number of nitriles is 2. The van der Waals surface area contributed by atoms with Crippen molar-refractivity contribution in [1.82, 2.24) is 20.4 Å². The highest BCUT2D eigenvalue weighted by atomic mass is 17.0. The standard InChI is InChI=1S/C80H118N8O18.H2O/c1-13-15-17-19-21-23-25-27-29-31-45-79(57-81,65-41-43-69(97-9)71(53-65)99-11)47-35-49-85(7)61(5)63-37-33-39-67(51-63)101-77(73(89)83-55-59(3)105-87(93)94)103-75(91)76(92)104-78(74(90)84-56-60(4)106-88(95)96)102-68-40-34-38-64(52-68)62(6)86(8)50-36-48-80(58-82,66-42-44-70(98-10)72(54-66)100-12)46-32-30-28-26-24-22-20-18-16-14-2;/h33-34,37-44,51-54,59-62,77-78H,13-32,35-36,45-50,55-56H2,1-12H3,(H,83,89)(H,84,90);1H2. The number of esters is 2. The Balaban J connectivity index is 0.0000297. The van der Waals surface area contributed by atoms with Crippen molar-refractivity contribution in [3.05, 3.63) is 127 Å². The first-order chi connectivity index (χ1) is 51.0. The van der Waals surface area contributed by atoms with Crippen molar-refractivity contribution in [3.63, 3.8) is 0 Å². The molecule has 0 radical (unpaired) electrons. The quantitative estimate of drug-likeness (QED) is 0.0104. The zero-order chi connectivity index (χ0) is 77.9. The van der Waals surface area contributed by atoms with Crippen molar-refractivity contribution < 1.29 is 82.4 Å². The number of carbonyl (C=O) groups excluding carboxylic acids is 4. The lowest BCUT2D eigenvalue weighted by molar-refractivity contribution is -0.767. The third-order valence-electron chi connectivity index (χ3n) is 19.6. The van der Waals surface area contributed by atoms with Crippen LogP contribution < -0.4 is 39.1 Å². The monoisotopic (exact) mass is 1500 g/mol. The lowest BCUT2D eigenvalue weighted by Crippen LogP contribution is -2.47. The number of unbranched alkanes of at least 4 members (excludes halogenated alkanes) is 18. The van der Waals surface area contributed by atoms with Gasteiger partial charge in [-0.25, -0.2) is 9.59 Å². The molecule has 8 atom stereocenters. The molecule has 594 valence electrons. The SMILES string of the molecule is CCCCCCCCCCCCC(C#N)(CCCN(C)C(C)c1cccc(OC(OC(=O)C(=O)OC(Oc2cccc(C(C)N(C)CCCC(C#N)(CCCCCCCCCCCC)c3ccc(OC)c(OC)c3)c2)C(=O)NCC(C)O[N+](=O)[O-])C(=O)NCC(C)O[N+](=O)[O-])c1)c1ccc(OC)c(OC)c1.O. The third kappa shape index (κ3) is 32.0. The minimum atomic E-state index is -2.26. The predicted octanol–water partition coefficient (Wildman–Crippen LogP) is 14.6. The van der Waals surface area contributed by atoms with Gasteiger partial charge in [0, 0.05) is 25.2 Å². The van der Waals surface area contributed by atoms with Crippen LogP contribution in [0.15, 0.2) is 84.9 Å². The highest BCUT2D eigenvalue weighted by molar-refractivity contribution is 6.30. The van der Waals surface area contributed by atoms with Gasteiger partial charge in [0.25, 0.3) is 10.2 Å². The fraction of sp³-hybridized carbons (Fsp3) is 0.625. The van der Waals surface area contributed by atoms with Crippen molar-refractivity contribution in [2.24, 2.45) is 0 Å². The van der Waals surface area contributed by atoms with Gasteiger partial charge in [0.15, 0.2) is 23.0 Å². The van der Waals surface area contributed by atoms with Crippen LogP contribution in [0, 0.1) is 42.9 Å². The summed E-state index contributed by atoms with van der Waals surface area (Å²) < 4.78 is 45.2. The number of carbonyl (C=O) groups is 4. The number of methoxy groups -OCH3 is 4. The van der Waals surface area contributed by atoms with Gasteiger partial charge in [-0.2, -0.15) is 10.5 Å². The molecule has 0 saturated heterocycles. The van der Waals surface area contributed by atoms with Crippen molar-refractivity contribution in [1.29, 1.82) is 10.5 Å². The number of rotatable bonds is 56. The Hall–Kier alpha value is -9.18. The smallest absolute Gasteiger partial charge is 0.421 e. The van der Waals surface area contributed by atoms with Crippen LogP contribution in [0.5, 0.6) is 34.5 Å². The number of ether oxygens (including phenoxy) is 8. The van der Waals surface area contributed by atoms with E-state index in [-0.39, 0.29) is 29.1 Å². The maximum absolute atomic E-state index is 13.9. The minimum Gasteiger partial charge on any atom is -0.493 e. The molecular formula is C80H120N8O19. The van der Waals surface area contributed by atoms with Crippen molar-refractivity contribution in [2.75, 3.05) is 68.7 Å². The highest BCUT2D eigenvalue weighted by Gasteiger charge is 2.37. The zero-order valence-corrected chi connectivity index (χ0v) is 65.3. The minimum absolute atomic E-state index is 0. The number of nitrogens with one attached hydrogen (secondary N) is 2. The van der Waals surface area contributed by atoms with Crippen molar-refractivity contribution in [2.45, 2.75) is 256 Å². The second-order valence-corrected chi connectivity index (χ2v) is 27.5. The molecule has 0 aliphatic carbocycles. The van der Waals surface area contributed by atoms with Crippen LogP contribution in [0.1, 0.15) is 243 Å². The molecule has 0 bridgehead atoms. The van der Waals surface area contributed by atoms with Crippen LogP contribution in [-0.4, -0.2) is 143 Å². The predicted molar refractivity (Wildman–Crippen MR) is 406 cm³/mol. The largest absolute Gasteiger partial charge is 0.493 e. The van der Waals surface area contributed by atoms with Gasteiger partial charge >= 0.3 is 36.3 Å². The van der Waals surface area contributed by atoms with Crippen LogP contribution in [-0.2, 0) is 49.2 Å². The second kappa shape index (κ2) is 50.4. The van der Waals surface area contributed by atoms with E-state index in [0.717, 1.165) is 62.5 Å². The molecule has 0 saturated carbocycles. The number of hydrogen-bond donors (Lipinski definition) is 2. The molecule has 0 aliphatic heterocycles. The molecule has 4 aromatic rings. The molecule has 0 aromatic heterocycles. The molecule has 2 amide bonds. The summed E-state index contributed by atoms with van der Waals surface area (Å²) in [5.41, 5.74) is 1.46. The summed E-state index contributed by atoms with van der Waals surface area (Å²) in [6.07, 6.45) is 20.0. The number of hydrogen-bond acceptors (Lipinski definition) is 22. The summed E-state index contributed by atoms with van der Waals surface area (Å²) in [4.78, 5) is 91.3. The van der Waals surface area contributed by atoms with E-state index in [9.17, 15) is 49.9 Å². The van der Waals surface area contributed by atoms with Gasteiger partial charge in [-0.05, 0) is 164 Å². The number of benzene rings is 4. The van der Waals surface area contributed by atoms with E-state index in [1.807, 2.05) is 76.5 Å². The zero-order valence-electron chi connectivity index (χ0n) is 65.3. The maximum Gasteiger partial charge on any atom is 0.421 e. The van der Waals surface area contributed by atoms with E-state index < -0.39 is 82.6 Å². The molecule has 4 aromatic carbocycles. The van der Waals surface area contributed by atoms with E-state index in [1.165, 1.54) is 103 Å². The Bertz CT molecular complexity index is 3190. The van der Waals surface area contributed by atoms with Crippen molar-refractivity contribution >= 4 is 23.8 Å². The molecule has 107 heavy (non-hydrogen) atoms. The molecule has 0 heterocycles. The summed E-state index contributed by atoms with van der Waals surface area (Å²) in [6, 6.07) is 29.3. The van der Waals surface area contributed by atoms with Crippen LogP contribution in [0.2, 0.25) is 0 Å². The van der Waals surface area contributed by atoms with Crippen LogP contribution in [0.4, 0.5) is 0 Å². The fourth-order valence-corrected chi connectivity index (χ4v) is 13.0. The lowest BCUT2D eigenvalue weighted by Gasteiger charge is -2.30. The molecule has 27 nitrogen and oxygen atoms in total. The molecule has 27 heteroatoms. The van der Waals surface area contributed by atoms with Gasteiger partial charge in [0.2, 0.25) is 0 Å². The van der Waals surface area contributed by atoms with Gasteiger partial charge in [-0.15, -0.1) is 20.2 Å². The third-order valence-corrected chi connectivity index (χ3v) is 19.6. The number of amides is 2. The Labute approximate surface area is 633 Å². The Morgan fingerprint density at radius 3 is 1.09 bits per heavy atom. The Morgan fingerprint density at radius 1 is 0.467 bits per heavy atom. The summed E-state index contributed by atoms with van der Waals surface area (Å²) in [5, 5.41) is 47.1. The molecular weight excluding hydrogens is 1380 g/mol. The lowest BCUT2D eigenvalue weighted by atomic mass is 9.74. The van der Waals surface area contributed by atoms with E-state index >= 15 is 0 Å². The Morgan fingerprint density at radius 2 is 0.785 bits per heavy atom. The molecule has 0 aliphatic rings. The van der Waals surface area contributed by atoms with E-state index in [0.29, 0.717) is 85.7 Å². The summed E-state index contributed by atoms with van der Waals surface area (Å²) in [5.74, 6) is -3.80. The van der Waals surface area contributed by atoms with Crippen molar-refractivity contribution in [3.8, 4) is 46.6 Å². The van der Waals surface area contributed by atoms with E-state index in [1.54, 1.807) is 52.7 Å². The average molecular weight is 1500 g/mol. The van der Waals surface area contributed by atoms with Gasteiger partial charge in [0.1, 0.15) is 23.7 Å².